The van der Waals surface area contributed by atoms with Crippen LogP contribution in [0.15, 0.2) is 6.07 Å². The molecule has 3 heterocycles. The second kappa shape index (κ2) is 7.17. The molecule has 0 unspecified atom stereocenters. The highest BCUT2D eigenvalue weighted by molar-refractivity contribution is 5.76. The van der Waals surface area contributed by atoms with Gasteiger partial charge in [0.1, 0.15) is 18.0 Å². The van der Waals surface area contributed by atoms with Gasteiger partial charge >= 0.3 is 6.09 Å². The zero-order valence-corrected chi connectivity index (χ0v) is 15.9. The standard InChI is InChI=1S/C18H29N5O3/c1-4-5-14(3)22-12-18(26-17(22)25)6-8-21(9-7-18)16(24)11-23-15(19)10-13(2)20-23/h10,14H,4-9,11-12,19H2,1-3H3/t14-/m1/s1. The number of hydrogen-bond donors (Lipinski definition) is 1. The molecule has 1 atom stereocenters. The van der Waals surface area contributed by atoms with Crippen LogP contribution in [-0.2, 0) is 16.1 Å². The minimum atomic E-state index is -0.447. The van der Waals surface area contributed by atoms with E-state index in [1.807, 2.05) is 16.7 Å². The Balaban J connectivity index is 1.56. The number of amides is 2. The van der Waals surface area contributed by atoms with Crippen molar-refractivity contribution in [1.29, 1.82) is 0 Å². The molecule has 0 radical (unpaired) electrons. The van der Waals surface area contributed by atoms with Crippen molar-refractivity contribution in [3.05, 3.63) is 11.8 Å². The molecular formula is C18H29N5O3. The number of rotatable bonds is 5. The van der Waals surface area contributed by atoms with Gasteiger partial charge in [0.2, 0.25) is 5.91 Å². The molecule has 1 aromatic rings. The average molecular weight is 363 g/mol. The van der Waals surface area contributed by atoms with E-state index in [0.29, 0.717) is 38.3 Å². The fourth-order valence-electron chi connectivity index (χ4n) is 3.90. The molecule has 2 amide bonds. The van der Waals surface area contributed by atoms with Crippen LogP contribution in [0.25, 0.3) is 0 Å². The van der Waals surface area contributed by atoms with Crippen LogP contribution in [0.5, 0.6) is 0 Å². The Hall–Kier alpha value is -2.25. The van der Waals surface area contributed by atoms with E-state index in [-0.39, 0.29) is 24.6 Å². The molecule has 144 valence electrons. The summed E-state index contributed by atoms with van der Waals surface area (Å²) in [7, 11) is 0. The van der Waals surface area contributed by atoms with Gasteiger partial charge in [-0.15, -0.1) is 0 Å². The lowest BCUT2D eigenvalue weighted by molar-refractivity contribution is -0.135. The van der Waals surface area contributed by atoms with Crippen LogP contribution in [0.2, 0.25) is 0 Å². The number of nitrogens with two attached hydrogens (primary N) is 1. The van der Waals surface area contributed by atoms with E-state index in [4.69, 9.17) is 10.5 Å². The number of hydrogen-bond acceptors (Lipinski definition) is 5. The summed E-state index contributed by atoms with van der Waals surface area (Å²) in [6.07, 6.45) is 3.14. The van der Waals surface area contributed by atoms with Gasteiger partial charge in [-0.1, -0.05) is 13.3 Å². The highest BCUT2D eigenvalue weighted by atomic mass is 16.6. The predicted octanol–water partition coefficient (Wildman–Crippen LogP) is 1.78. The van der Waals surface area contributed by atoms with E-state index >= 15 is 0 Å². The minimum Gasteiger partial charge on any atom is -0.441 e. The van der Waals surface area contributed by atoms with Crippen molar-refractivity contribution in [3.8, 4) is 0 Å². The molecule has 2 saturated heterocycles. The van der Waals surface area contributed by atoms with Gasteiger partial charge in [0.25, 0.3) is 0 Å². The number of anilines is 1. The fraction of sp³-hybridized carbons (Fsp3) is 0.722. The molecule has 8 nitrogen and oxygen atoms in total. The van der Waals surface area contributed by atoms with Crippen molar-refractivity contribution in [3.63, 3.8) is 0 Å². The number of likely N-dealkylation sites (tertiary alicyclic amines) is 1. The summed E-state index contributed by atoms with van der Waals surface area (Å²) in [5.74, 6) is 0.491. The second-order valence-corrected chi connectivity index (χ2v) is 7.57. The van der Waals surface area contributed by atoms with Crippen LogP contribution >= 0.6 is 0 Å². The smallest absolute Gasteiger partial charge is 0.410 e. The Morgan fingerprint density at radius 3 is 2.69 bits per heavy atom. The maximum atomic E-state index is 12.5. The molecule has 2 fully saturated rings. The van der Waals surface area contributed by atoms with Crippen LogP contribution in [0.3, 0.4) is 0 Å². The van der Waals surface area contributed by atoms with Gasteiger partial charge in [0, 0.05) is 38.0 Å². The van der Waals surface area contributed by atoms with E-state index < -0.39 is 5.60 Å². The monoisotopic (exact) mass is 363 g/mol. The van der Waals surface area contributed by atoms with Crippen molar-refractivity contribution in [2.75, 3.05) is 25.4 Å². The van der Waals surface area contributed by atoms with Gasteiger partial charge in [-0.3, -0.25) is 4.79 Å². The Morgan fingerprint density at radius 2 is 2.12 bits per heavy atom. The van der Waals surface area contributed by atoms with Crippen molar-refractivity contribution < 1.29 is 14.3 Å². The number of ether oxygens (including phenoxy) is 1. The quantitative estimate of drug-likeness (QED) is 0.860. The number of aromatic nitrogens is 2. The molecule has 8 heteroatoms. The Kier molecular flexibility index (Phi) is 5.11. The number of piperidine rings is 1. The third-order valence-electron chi connectivity index (χ3n) is 5.48. The summed E-state index contributed by atoms with van der Waals surface area (Å²) >= 11 is 0. The molecule has 1 spiro atoms. The van der Waals surface area contributed by atoms with Crippen LogP contribution in [0.1, 0.15) is 45.2 Å². The largest absolute Gasteiger partial charge is 0.441 e. The third-order valence-corrected chi connectivity index (χ3v) is 5.48. The van der Waals surface area contributed by atoms with Gasteiger partial charge in [0.15, 0.2) is 0 Å². The first-order chi connectivity index (χ1) is 12.3. The maximum absolute atomic E-state index is 12.5. The summed E-state index contributed by atoms with van der Waals surface area (Å²) in [5.41, 5.74) is 6.21. The normalized spacial score (nSPS) is 20.5. The first-order valence-electron chi connectivity index (χ1n) is 9.41. The lowest BCUT2D eigenvalue weighted by Gasteiger charge is -2.37. The summed E-state index contributed by atoms with van der Waals surface area (Å²) in [6.45, 7) is 7.98. The minimum absolute atomic E-state index is 0.00446. The van der Waals surface area contributed by atoms with Gasteiger partial charge in [-0.05, 0) is 20.3 Å². The van der Waals surface area contributed by atoms with Gasteiger partial charge in [0.05, 0.1) is 12.2 Å². The molecule has 0 aliphatic carbocycles. The predicted molar refractivity (Wildman–Crippen MR) is 97.5 cm³/mol. The topological polar surface area (TPSA) is 93.7 Å². The molecule has 0 saturated carbocycles. The number of nitrogens with zero attached hydrogens (tertiary/aromatic N) is 4. The number of carbonyl (C=O) groups excluding carboxylic acids is 2. The van der Waals surface area contributed by atoms with Gasteiger partial charge in [-0.25, -0.2) is 9.48 Å². The Bertz CT molecular complexity index is 678. The summed E-state index contributed by atoms with van der Waals surface area (Å²) in [6, 6.07) is 1.94. The lowest BCUT2D eigenvalue weighted by atomic mass is 9.91. The van der Waals surface area contributed by atoms with Crippen LogP contribution < -0.4 is 5.73 Å². The van der Waals surface area contributed by atoms with Crippen molar-refractivity contribution in [2.45, 2.75) is 64.6 Å². The molecule has 2 aliphatic rings. The second-order valence-electron chi connectivity index (χ2n) is 7.57. The van der Waals surface area contributed by atoms with E-state index in [2.05, 4.69) is 18.9 Å². The molecule has 0 aromatic carbocycles. The highest BCUT2D eigenvalue weighted by Crippen LogP contribution is 2.34. The SMILES string of the molecule is CCC[C@@H](C)N1CC2(CCN(C(=O)Cn3nc(C)cc3N)CC2)OC1=O. The van der Waals surface area contributed by atoms with Crippen molar-refractivity contribution in [2.24, 2.45) is 0 Å². The van der Waals surface area contributed by atoms with E-state index in [1.54, 1.807) is 6.07 Å². The molecule has 2 N–H and O–H groups in total. The third kappa shape index (κ3) is 3.64. The van der Waals surface area contributed by atoms with E-state index in [9.17, 15) is 9.59 Å². The summed E-state index contributed by atoms with van der Waals surface area (Å²) < 4.78 is 7.28. The molecule has 0 bridgehead atoms. The van der Waals surface area contributed by atoms with Crippen LogP contribution in [0, 0.1) is 6.92 Å². The summed E-state index contributed by atoms with van der Waals surface area (Å²) in [5, 5.41) is 4.24. The molecular weight excluding hydrogens is 334 g/mol. The first kappa shape index (κ1) is 18.5. The van der Waals surface area contributed by atoms with Crippen LogP contribution in [0.4, 0.5) is 10.6 Å². The van der Waals surface area contributed by atoms with Crippen LogP contribution in [-0.4, -0.2) is 62.9 Å². The van der Waals surface area contributed by atoms with Crippen molar-refractivity contribution >= 4 is 17.8 Å². The number of aryl methyl sites for hydroxylation is 1. The summed E-state index contributed by atoms with van der Waals surface area (Å²) in [4.78, 5) is 28.5. The Morgan fingerprint density at radius 1 is 1.42 bits per heavy atom. The molecule has 26 heavy (non-hydrogen) atoms. The molecule has 2 aliphatic heterocycles. The average Bonchev–Trinajstić information content (AvgIpc) is 3.07. The first-order valence-corrected chi connectivity index (χ1v) is 9.41. The van der Waals surface area contributed by atoms with E-state index in [1.165, 1.54) is 4.68 Å². The maximum Gasteiger partial charge on any atom is 0.410 e. The highest BCUT2D eigenvalue weighted by Gasteiger charge is 2.48. The molecule has 3 rings (SSSR count). The molecule has 1 aromatic heterocycles. The number of carbonyl (C=O) groups is 2. The zero-order chi connectivity index (χ0) is 18.9. The lowest BCUT2D eigenvalue weighted by Crippen LogP contribution is -2.49. The van der Waals surface area contributed by atoms with Crippen molar-refractivity contribution in [1.82, 2.24) is 19.6 Å². The zero-order valence-electron chi connectivity index (χ0n) is 15.9. The number of nitrogen functional groups attached to an aromatic ring is 1. The fourth-order valence-corrected chi connectivity index (χ4v) is 3.90. The van der Waals surface area contributed by atoms with Gasteiger partial charge < -0.3 is 20.3 Å². The van der Waals surface area contributed by atoms with E-state index in [0.717, 1.165) is 18.5 Å². The Labute approximate surface area is 154 Å². The van der Waals surface area contributed by atoms with Gasteiger partial charge in [-0.2, -0.15) is 5.10 Å².